The highest BCUT2D eigenvalue weighted by molar-refractivity contribution is 14.0. The largest absolute Gasteiger partial charge is 0.378 e. The Kier molecular flexibility index (Phi) is 11.8. The molecule has 0 aromatic carbocycles. The molecule has 0 unspecified atom stereocenters. The summed E-state index contributed by atoms with van der Waals surface area (Å²) >= 11 is 0. The zero-order valence-electron chi connectivity index (χ0n) is 16.5. The monoisotopic (exact) mass is 478 g/mol. The SMILES string of the molecule is CN=C(NCCCCCOC1CCCCC1)N(C)Cc1ncnn1C.I. The number of guanidine groups is 1. The number of aryl methyl sites for hydroxylation is 1. The maximum Gasteiger partial charge on any atom is 0.193 e. The van der Waals surface area contributed by atoms with Crippen LogP contribution in [-0.2, 0) is 18.3 Å². The van der Waals surface area contributed by atoms with Crippen LogP contribution in [0.3, 0.4) is 0 Å². The van der Waals surface area contributed by atoms with Gasteiger partial charge in [0, 0.05) is 34.3 Å². The summed E-state index contributed by atoms with van der Waals surface area (Å²) in [5.41, 5.74) is 0. The lowest BCUT2D eigenvalue weighted by Gasteiger charge is -2.22. The summed E-state index contributed by atoms with van der Waals surface area (Å²) in [7, 11) is 5.73. The lowest BCUT2D eigenvalue weighted by atomic mass is 9.98. The van der Waals surface area contributed by atoms with Crippen molar-refractivity contribution in [2.24, 2.45) is 12.0 Å². The second kappa shape index (κ2) is 13.3. The van der Waals surface area contributed by atoms with Crippen molar-refractivity contribution >= 4 is 29.9 Å². The molecule has 1 N–H and O–H groups in total. The van der Waals surface area contributed by atoms with Crippen LogP contribution in [0, 0.1) is 0 Å². The molecule has 0 radical (unpaired) electrons. The molecule has 1 aromatic rings. The molecule has 0 spiro atoms. The van der Waals surface area contributed by atoms with Crippen molar-refractivity contribution in [2.75, 3.05) is 27.2 Å². The van der Waals surface area contributed by atoms with Crippen LogP contribution in [0.2, 0.25) is 0 Å². The summed E-state index contributed by atoms with van der Waals surface area (Å²) in [6.07, 6.45) is 12.2. The molecule has 1 aliphatic carbocycles. The molecule has 26 heavy (non-hydrogen) atoms. The summed E-state index contributed by atoms with van der Waals surface area (Å²) in [6, 6.07) is 0. The minimum Gasteiger partial charge on any atom is -0.378 e. The van der Waals surface area contributed by atoms with Crippen LogP contribution < -0.4 is 5.32 Å². The van der Waals surface area contributed by atoms with Crippen LogP contribution >= 0.6 is 24.0 Å². The fraction of sp³-hybridized carbons (Fsp3) is 0.833. The van der Waals surface area contributed by atoms with Gasteiger partial charge < -0.3 is 15.0 Å². The highest BCUT2D eigenvalue weighted by Gasteiger charge is 2.13. The number of hydrogen-bond donors (Lipinski definition) is 1. The van der Waals surface area contributed by atoms with Gasteiger partial charge in [-0.15, -0.1) is 24.0 Å². The van der Waals surface area contributed by atoms with E-state index >= 15 is 0 Å². The van der Waals surface area contributed by atoms with Gasteiger partial charge in [-0.1, -0.05) is 19.3 Å². The fourth-order valence-corrected chi connectivity index (χ4v) is 3.22. The molecule has 0 bridgehead atoms. The molecule has 1 heterocycles. The van der Waals surface area contributed by atoms with Crippen molar-refractivity contribution in [1.29, 1.82) is 0 Å². The van der Waals surface area contributed by atoms with Gasteiger partial charge in [0.1, 0.15) is 12.2 Å². The van der Waals surface area contributed by atoms with Crippen molar-refractivity contribution in [3.8, 4) is 0 Å². The molecular weight excluding hydrogens is 443 g/mol. The number of aromatic nitrogens is 3. The molecular formula is C18H35IN6O. The minimum atomic E-state index is 0. The van der Waals surface area contributed by atoms with Crippen LogP contribution in [0.5, 0.6) is 0 Å². The first-order valence-electron chi connectivity index (χ1n) is 9.57. The summed E-state index contributed by atoms with van der Waals surface area (Å²) in [4.78, 5) is 10.7. The number of ether oxygens (including phenoxy) is 1. The van der Waals surface area contributed by atoms with E-state index < -0.39 is 0 Å². The van der Waals surface area contributed by atoms with Crippen LogP contribution in [0.1, 0.15) is 57.2 Å². The van der Waals surface area contributed by atoms with Crippen LogP contribution in [-0.4, -0.2) is 59.0 Å². The Labute approximate surface area is 175 Å². The van der Waals surface area contributed by atoms with Gasteiger partial charge in [0.05, 0.1) is 12.6 Å². The molecule has 7 nitrogen and oxygen atoms in total. The molecule has 150 valence electrons. The number of unbranched alkanes of at least 4 members (excludes halogenated alkanes) is 2. The maximum absolute atomic E-state index is 5.97. The van der Waals surface area contributed by atoms with Crippen molar-refractivity contribution in [3.63, 3.8) is 0 Å². The van der Waals surface area contributed by atoms with Crippen LogP contribution in [0.25, 0.3) is 0 Å². The second-order valence-electron chi connectivity index (χ2n) is 6.82. The number of nitrogens with one attached hydrogen (secondary N) is 1. The average molecular weight is 478 g/mol. The standard InChI is InChI=1S/C18H34N6O.HI/c1-19-18(23(2)14-17-21-15-22-24(17)3)20-12-8-5-9-13-25-16-10-6-4-7-11-16;/h15-16H,4-14H2,1-3H3,(H,19,20);1H. The van der Waals surface area contributed by atoms with Gasteiger partial charge in [0.2, 0.25) is 0 Å². The Hall–Kier alpha value is -0.900. The first-order chi connectivity index (χ1) is 12.2. The lowest BCUT2D eigenvalue weighted by Crippen LogP contribution is -2.39. The fourth-order valence-electron chi connectivity index (χ4n) is 3.22. The molecule has 1 fully saturated rings. The van der Waals surface area contributed by atoms with Gasteiger partial charge in [0.15, 0.2) is 5.96 Å². The molecule has 0 aliphatic heterocycles. The normalized spacial score (nSPS) is 15.6. The Bertz CT molecular complexity index is 516. The third kappa shape index (κ3) is 8.20. The van der Waals surface area contributed by atoms with Gasteiger partial charge in [-0.05, 0) is 32.1 Å². The third-order valence-electron chi connectivity index (χ3n) is 4.77. The van der Waals surface area contributed by atoms with Gasteiger partial charge in [0.25, 0.3) is 0 Å². The minimum absolute atomic E-state index is 0. The van der Waals surface area contributed by atoms with Crippen molar-refractivity contribution < 1.29 is 4.74 Å². The molecule has 2 rings (SSSR count). The summed E-state index contributed by atoms with van der Waals surface area (Å²) in [5.74, 6) is 1.81. The number of halogens is 1. The number of hydrogen-bond acceptors (Lipinski definition) is 4. The molecule has 8 heteroatoms. The molecule has 0 atom stereocenters. The lowest BCUT2D eigenvalue weighted by molar-refractivity contribution is 0.0264. The quantitative estimate of drug-likeness (QED) is 0.256. The molecule has 1 aromatic heterocycles. The molecule has 1 aliphatic rings. The van der Waals surface area contributed by atoms with Crippen LogP contribution in [0.4, 0.5) is 0 Å². The van der Waals surface area contributed by atoms with Gasteiger partial charge in [-0.2, -0.15) is 5.10 Å². The number of rotatable bonds is 9. The van der Waals surface area contributed by atoms with Crippen molar-refractivity contribution in [3.05, 3.63) is 12.2 Å². The first kappa shape index (κ1) is 23.1. The van der Waals surface area contributed by atoms with E-state index in [0.717, 1.165) is 37.8 Å². The van der Waals surface area contributed by atoms with E-state index in [0.29, 0.717) is 12.6 Å². The second-order valence-corrected chi connectivity index (χ2v) is 6.82. The average Bonchev–Trinajstić information content (AvgIpc) is 3.03. The maximum atomic E-state index is 5.97. The zero-order valence-corrected chi connectivity index (χ0v) is 18.8. The highest BCUT2D eigenvalue weighted by Crippen LogP contribution is 2.20. The Balaban J connectivity index is 0.00000338. The number of nitrogens with zero attached hydrogens (tertiary/aromatic N) is 5. The van der Waals surface area contributed by atoms with Gasteiger partial charge >= 0.3 is 0 Å². The van der Waals surface area contributed by atoms with Crippen LogP contribution in [0.15, 0.2) is 11.3 Å². The van der Waals surface area contributed by atoms with E-state index in [9.17, 15) is 0 Å². The van der Waals surface area contributed by atoms with E-state index in [2.05, 4.69) is 25.3 Å². The van der Waals surface area contributed by atoms with Gasteiger partial charge in [-0.3, -0.25) is 9.67 Å². The Morgan fingerprint density at radius 3 is 2.73 bits per heavy atom. The van der Waals surface area contributed by atoms with Crippen molar-refractivity contribution in [2.45, 2.75) is 64.0 Å². The van der Waals surface area contributed by atoms with Gasteiger partial charge in [-0.25, -0.2) is 4.98 Å². The van der Waals surface area contributed by atoms with E-state index in [1.807, 2.05) is 21.1 Å². The number of aliphatic imine (C=N–C) groups is 1. The third-order valence-corrected chi connectivity index (χ3v) is 4.77. The van der Waals surface area contributed by atoms with E-state index in [-0.39, 0.29) is 24.0 Å². The molecule has 0 amide bonds. The summed E-state index contributed by atoms with van der Waals surface area (Å²) < 4.78 is 7.76. The molecule has 1 saturated carbocycles. The highest BCUT2D eigenvalue weighted by atomic mass is 127. The topological polar surface area (TPSA) is 67.6 Å². The zero-order chi connectivity index (χ0) is 17.9. The summed E-state index contributed by atoms with van der Waals surface area (Å²) in [6.45, 7) is 2.52. The van der Waals surface area contributed by atoms with Crippen molar-refractivity contribution in [1.82, 2.24) is 25.0 Å². The predicted molar refractivity (Wildman–Crippen MR) is 116 cm³/mol. The Morgan fingerprint density at radius 2 is 2.08 bits per heavy atom. The molecule has 0 saturated heterocycles. The smallest absolute Gasteiger partial charge is 0.193 e. The predicted octanol–water partition coefficient (Wildman–Crippen LogP) is 2.96. The van der Waals surface area contributed by atoms with E-state index in [1.54, 1.807) is 11.0 Å². The van der Waals surface area contributed by atoms with E-state index in [4.69, 9.17) is 4.74 Å². The Morgan fingerprint density at radius 1 is 1.31 bits per heavy atom. The summed E-state index contributed by atoms with van der Waals surface area (Å²) in [5, 5.41) is 7.52. The van der Waals surface area contributed by atoms with E-state index in [1.165, 1.54) is 38.5 Å². The first-order valence-corrected chi connectivity index (χ1v) is 9.57.